The van der Waals surface area contributed by atoms with Crippen molar-refractivity contribution in [2.45, 2.75) is 49.8 Å². The molecular weight excluding hydrogens is 448 g/mol. The maximum absolute atomic E-state index is 12.3. The number of nitrogens with one attached hydrogen (secondary N) is 1. The lowest BCUT2D eigenvalue weighted by Crippen LogP contribution is -2.55. The topological polar surface area (TPSA) is 115 Å². The number of amides is 1. The van der Waals surface area contributed by atoms with E-state index in [0.717, 1.165) is 59.1 Å². The van der Waals surface area contributed by atoms with Gasteiger partial charge < -0.3 is 11.1 Å². The van der Waals surface area contributed by atoms with Crippen LogP contribution >= 0.6 is 0 Å². The van der Waals surface area contributed by atoms with Gasteiger partial charge >= 0.3 is 0 Å². The second-order valence-electron chi connectivity index (χ2n) is 10.5. The first-order chi connectivity index (χ1) is 16.4. The molecule has 4 saturated carbocycles. The van der Waals surface area contributed by atoms with Crippen LogP contribution in [0.3, 0.4) is 0 Å². The van der Waals surface area contributed by atoms with Crippen LogP contribution in [0.4, 0.5) is 5.69 Å². The molecule has 2 aromatic carbocycles. The van der Waals surface area contributed by atoms with Gasteiger partial charge in [-0.25, -0.2) is 8.42 Å². The van der Waals surface area contributed by atoms with Crippen molar-refractivity contribution < 1.29 is 13.2 Å². The molecule has 4 bridgehead atoms. The van der Waals surface area contributed by atoms with Crippen LogP contribution in [0.1, 0.15) is 54.6 Å². The van der Waals surface area contributed by atoms with E-state index in [4.69, 9.17) is 5.73 Å². The number of anilines is 1. The van der Waals surface area contributed by atoms with Crippen LogP contribution in [0.5, 0.6) is 0 Å². The van der Waals surface area contributed by atoms with Crippen molar-refractivity contribution in [1.29, 1.82) is 0 Å². The molecule has 4 fully saturated rings. The molecule has 0 radical (unpaired) electrons. The van der Waals surface area contributed by atoms with Gasteiger partial charge in [0.2, 0.25) is 0 Å². The molecular formula is C26H28N4O3S. The van der Waals surface area contributed by atoms with Crippen molar-refractivity contribution in [1.82, 2.24) is 10.2 Å². The van der Waals surface area contributed by atoms with Gasteiger partial charge in [0.15, 0.2) is 5.69 Å². The first-order valence-corrected chi connectivity index (χ1v) is 13.3. The average Bonchev–Trinajstić information content (AvgIpc) is 2.77. The van der Waals surface area contributed by atoms with Crippen LogP contribution in [0, 0.1) is 17.8 Å². The summed E-state index contributed by atoms with van der Waals surface area (Å²) in [5.74, 6) is 1.77. The van der Waals surface area contributed by atoms with E-state index in [1.165, 1.54) is 19.3 Å². The van der Waals surface area contributed by atoms with Gasteiger partial charge in [0.1, 0.15) is 10.7 Å². The molecule has 0 saturated heterocycles. The summed E-state index contributed by atoms with van der Waals surface area (Å²) in [4.78, 5) is 12.3. The van der Waals surface area contributed by atoms with Gasteiger partial charge in [0.05, 0.1) is 17.0 Å². The number of fused-ring (bicyclic) bond motifs is 1. The van der Waals surface area contributed by atoms with E-state index < -0.39 is 16.6 Å². The number of hydrogen-bond donors (Lipinski definition) is 3. The van der Waals surface area contributed by atoms with Crippen molar-refractivity contribution in [2.75, 3.05) is 5.32 Å². The lowest BCUT2D eigenvalue weighted by molar-refractivity contribution is 0.0107. The lowest BCUT2D eigenvalue weighted by atomic mass is 9.53. The number of thiol groups is 1. The number of rotatable bonds is 6. The van der Waals surface area contributed by atoms with Crippen LogP contribution in [-0.2, 0) is 16.5 Å². The molecule has 1 amide bonds. The molecule has 0 aliphatic heterocycles. The molecule has 1 heterocycles. The van der Waals surface area contributed by atoms with Crippen molar-refractivity contribution in [2.24, 2.45) is 23.5 Å². The predicted molar refractivity (Wildman–Crippen MR) is 132 cm³/mol. The summed E-state index contributed by atoms with van der Waals surface area (Å²) in [6.45, 7) is 0. The van der Waals surface area contributed by atoms with Crippen LogP contribution < -0.4 is 11.1 Å². The molecule has 3 N–H and O–H groups in total. The summed E-state index contributed by atoms with van der Waals surface area (Å²) in [7, 11) is -2.45. The van der Waals surface area contributed by atoms with E-state index in [9.17, 15) is 13.2 Å². The maximum Gasteiger partial charge on any atom is 0.271 e. The number of carbonyl (C=O) groups is 1. The molecule has 7 rings (SSSR count). The Hall–Kier alpha value is -3.00. The van der Waals surface area contributed by atoms with Crippen LogP contribution in [0.15, 0.2) is 42.5 Å². The van der Waals surface area contributed by atoms with E-state index in [-0.39, 0.29) is 17.0 Å². The van der Waals surface area contributed by atoms with Crippen LogP contribution in [-0.4, -0.2) is 30.1 Å². The smallest absolute Gasteiger partial charge is 0.271 e. The zero-order valence-corrected chi connectivity index (χ0v) is 19.8. The maximum atomic E-state index is 12.3. The standard InChI is InChI=1S/C26H28N4O3S/c27-25(31)24-23(28-26-11-16-7-17(12-26)9-18(8-16)13-26)21-6-5-20(10-22(21)29-30-24)19-3-1-15(2-4-19)14-34(32)33/h1-6,10,16-18,34H,7-9,11-14H2,(H2,27,31)(H,28,29). The number of benzene rings is 2. The molecule has 3 aromatic rings. The third kappa shape index (κ3) is 3.83. The molecule has 176 valence electrons. The zero-order valence-electron chi connectivity index (χ0n) is 18.9. The van der Waals surface area contributed by atoms with Gasteiger partial charge in [-0.1, -0.05) is 30.3 Å². The highest BCUT2D eigenvalue weighted by Gasteiger charge is 2.51. The van der Waals surface area contributed by atoms with Crippen molar-refractivity contribution in [3.63, 3.8) is 0 Å². The minimum absolute atomic E-state index is 0.00590. The number of carbonyl (C=O) groups excluding carboxylic acids is 1. The summed E-state index contributed by atoms with van der Waals surface area (Å²) in [5.41, 5.74) is 10.00. The van der Waals surface area contributed by atoms with E-state index in [1.807, 2.05) is 42.5 Å². The third-order valence-corrected chi connectivity index (χ3v) is 8.65. The normalized spacial score (nSPS) is 27.4. The first-order valence-electron chi connectivity index (χ1n) is 12.0. The second-order valence-corrected chi connectivity index (χ2v) is 11.5. The molecule has 0 unspecified atom stereocenters. The molecule has 8 heteroatoms. The summed E-state index contributed by atoms with van der Waals surface area (Å²) in [6.07, 6.45) is 7.44. The second kappa shape index (κ2) is 8.05. The summed E-state index contributed by atoms with van der Waals surface area (Å²) >= 11 is 0. The number of nitrogens with zero attached hydrogens (tertiary/aromatic N) is 2. The summed E-state index contributed by atoms with van der Waals surface area (Å²) in [6, 6.07) is 13.4. The Bertz CT molecular complexity index is 1320. The largest absolute Gasteiger partial charge is 0.377 e. The molecule has 0 spiro atoms. The molecule has 0 atom stereocenters. The van der Waals surface area contributed by atoms with E-state index in [0.29, 0.717) is 11.2 Å². The summed E-state index contributed by atoms with van der Waals surface area (Å²) < 4.78 is 22.0. The molecule has 4 aliphatic rings. The molecule has 4 aliphatic carbocycles. The van der Waals surface area contributed by atoms with Gasteiger partial charge in [0, 0.05) is 10.9 Å². The fourth-order valence-corrected chi connectivity index (χ4v) is 7.58. The van der Waals surface area contributed by atoms with Crippen molar-refractivity contribution in [3.05, 3.63) is 53.7 Å². The highest BCUT2D eigenvalue weighted by Crippen LogP contribution is 2.57. The number of nitrogens with two attached hydrogens (primary N) is 1. The highest BCUT2D eigenvalue weighted by atomic mass is 32.2. The minimum atomic E-state index is -2.45. The fraction of sp³-hybridized carbons (Fsp3) is 0.423. The zero-order chi connectivity index (χ0) is 23.4. The van der Waals surface area contributed by atoms with Crippen molar-refractivity contribution in [3.8, 4) is 11.1 Å². The fourth-order valence-electron chi connectivity index (χ4n) is 7.07. The summed E-state index contributed by atoms with van der Waals surface area (Å²) in [5, 5.41) is 13.2. The Morgan fingerprint density at radius 3 is 2.15 bits per heavy atom. The van der Waals surface area contributed by atoms with Gasteiger partial charge in [-0.15, -0.1) is 10.2 Å². The van der Waals surface area contributed by atoms with E-state index in [2.05, 4.69) is 15.5 Å². The van der Waals surface area contributed by atoms with Crippen LogP contribution in [0.25, 0.3) is 22.0 Å². The SMILES string of the molecule is NC(=O)c1nnc2cc(-c3ccc(C[SH](=O)=O)cc3)ccc2c1NC12CC3CC(CC(C3)C1)C2. The predicted octanol–water partition coefficient (Wildman–Crippen LogP) is 3.89. The molecule has 7 nitrogen and oxygen atoms in total. The van der Waals surface area contributed by atoms with Gasteiger partial charge in [-0.05, 0) is 85.1 Å². The Morgan fingerprint density at radius 2 is 1.56 bits per heavy atom. The highest BCUT2D eigenvalue weighted by molar-refractivity contribution is 7.71. The van der Waals surface area contributed by atoms with Crippen LogP contribution in [0.2, 0.25) is 0 Å². The van der Waals surface area contributed by atoms with Gasteiger partial charge in [0.25, 0.3) is 5.91 Å². The molecule has 34 heavy (non-hydrogen) atoms. The third-order valence-electron chi connectivity index (χ3n) is 8.02. The van der Waals surface area contributed by atoms with E-state index in [1.54, 1.807) is 0 Å². The van der Waals surface area contributed by atoms with Crippen molar-refractivity contribution >= 4 is 33.2 Å². The number of hydrogen-bond acceptors (Lipinski definition) is 6. The number of primary amides is 1. The van der Waals surface area contributed by atoms with E-state index >= 15 is 0 Å². The minimum Gasteiger partial charge on any atom is -0.377 e. The Labute approximate surface area is 200 Å². The first kappa shape index (κ1) is 21.5. The lowest BCUT2D eigenvalue weighted by Gasteiger charge is -2.57. The van der Waals surface area contributed by atoms with Gasteiger partial charge in [-0.3, -0.25) is 4.79 Å². The monoisotopic (exact) mass is 476 g/mol. The Kier molecular flexibility index (Phi) is 5.09. The Balaban J connectivity index is 1.38. The number of aromatic nitrogens is 2. The van der Waals surface area contributed by atoms with Gasteiger partial charge in [-0.2, -0.15) is 0 Å². The Morgan fingerprint density at radius 1 is 0.941 bits per heavy atom. The molecule has 1 aromatic heterocycles. The average molecular weight is 477 g/mol. The quantitative estimate of drug-likeness (QED) is 0.465.